The minimum atomic E-state index is 0.0550. The second-order valence-corrected chi connectivity index (χ2v) is 4.82. The van der Waals surface area contributed by atoms with Crippen molar-refractivity contribution in [2.75, 3.05) is 0 Å². The Bertz CT molecular complexity index is 744. The summed E-state index contributed by atoms with van der Waals surface area (Å²) in [6, 6.07) is 14.9. The first-order valence-corrected chi connectivity index (χ1v) is 6.56. The Balaban J connectivity index is 1.93. The zero-order valence-corrected chi connectivity index (χ0v) is 11.3. The molecular formula is C16H12ClNO2. The van der Waals surface area contributed by atoms with Crippen LogP contribution in [0.25, 0.3) is 10.8 Å². The van der Waals surface area contributed by atoms with Gasteiger partial charge in [0.15, 0.2) is 0 Å². The number of fused-ring (bicyclic) bond motifs is 1. The molecule has 1 N–H and O–H groups in total. The Morgan fingerprint density at radius 1 is 1.10 bits per heavy atom. The van der Waals surface area contributed by atoms with Crippen LogP contribution in [0.4, 0.5) is 0 Å². The Kier molecular flexibility index (Phi) is 3.44. The maximum atomic E-state index is 9.62. The number of phenolic OH excluding ortho intramolecular Hbond substituents is 1. The van der Waals surface area contributed by atoms with Gasteiger partial charge in [-0.2, -0.15) is 0 Å². The third kappa shape index (κ3) is 2.53. The maximum Gasteiger partial charge on any atom is 0.221 e. The zero-order valence-electron chi connectivity index (χ0n) is 10.6. The van der Waals surface area contributed by atoms with Gasteiger partial charge in [-0.15, -0.1) is 0 Å². The molecule has 0 unspecified atom stereocenters. The van der Waals surface area contributed by atoms with Crippen molar-refractivity contribution in [1.82, 2.24) is 4.98 Å². The van der Waals surface area contributed by atoms with Gasteiger partial charge in [-0.3, -0.25) is 0 Å². The lowest BCUT2D eigenvalue weighted by Gasteiger charge is -2.09. The maximum absolute atomic E-state index is 9.62. The van der Waals surface area contributed by atoms with Crippen molar-refractivity contribution in [1.29, 1.82) is 0 Å². The van der Waals surface area contributed by atoms with Gasteiger partial charge in [-0.05, 0) is 29.1 Å². The largest absolute Gasteiger partial charge is 0.506 e. The van der Waals surface area contributed by atoms with E-state index >= 15 is 0 Å². The smallest absolute Gasteiger partial charge is 0.221 e. The normalized spacial score (nSPS) is 10.7. The quantitative estimate of drug-likeness (QED) is 0.785. The van der Waals surface area contributed by atoms with Crippen molar-refractivity contribution in [2.45, 2.75) is 6.61 Å². The van der Waals surface area contributed by atoms with E-state index in [1.165, 1.54) is 0 Å². The summed E-state index contributed by atoms with van der Waals surface area (Å²) in [5.74, 6) is 0.563. The second-order valence-electron chi connectivity index (χ2n) is 4.42. The van der Waals surface area contributed by atoms with Crippen molar-refractivity contribution in [2.24, 2.45) is 0 Å². The fourth-order valence-corrected chi connectivity index (χ4v) is 2.16. The molecule has 20 heavy (non-hydrogen) atoms. The molecule has 2 aromatic carbocycles. The number of pyridine rings is 1. The summed E-state index contributed by atoms with van der Waals surface area (Å²) in [7, 11) is 0. The number of nitrogens with zero attached hydrogens (tertiary/aromatic N) is 1. The number of ether oxygens (including phenoxy) is 1. The Hall–Kier alpha value is -2.26. The number of hydrogen-bond acceptors (Lipinski definition) is 3. The molecule has 0 saturated carbocycles. The van der Waals surface area contributed by atoms with Crippen LogP contribution in [0.5, 0.6) is 11.6 Å². The molecule has 3 nitrogen and oxygen atoms in total. The molecule has 0 saturated heterocycles. The lowest BCUT2D eigenvalue weighted by molar-refractivity contribution is 0.298. The van der Waals surface area contributed by atoms with Gasteiger partial charge in [-0.25, -0.2) is 4.98 Å². The van der Waals surface area contributed by atoms with Crippen LogP contribution < -0.4 is 4.74 Å². The van der Waals surface area contributed by atoms with Gasteiger partial charge in [0.25, 0.3) is 0 Å². The van der Waals surface area contributed by atoms with Crippen LogP contribution in [-0.2, 0) is 6.61 Å². The third-order valence-corrected chi connectivity index (χ3v) is 3.32. The van der Waals surface area contributed by atoms with Crippen molar-refractivity contribution in [3.8, 4) is 11.6 Å². The highest BCUT2D eigenvalue weighted by atomic mass is 35.5. The van der Waals surface area contributed by atoms with Gasteiger partial charge in [-0.1, -0.05) is 41.9 Å². The van der Waals surface area contributed by atoms with Crippen molar-refractivity contribution >= 4 is 22.4 Å². The molecule has 0 fully saturated rings. The highest BCUT2D eigenvalue weighted by Crippen LogP contribution is 2.32. The number of phenols is 1. The van der Waals surface area contributed by atoms with E-state index in [9.17, 15) is 5.11 Å². The van der Waals surface area contributed by atoms with E-state index in [1.807, 2.05) is 30.3 Å². The molecule has 0 aliphatic rings. The van der Waals surface area contributed by atoms with E-state index < -0.39 is 0 Å². The second kappa shape index (κ2) is 5.39. The van der Waals surface area contributed by atoms with E-state index in [-0.39, 0.29) is 10.8 Å². The van der Waals surface area contributed by atoms with Crippen molar-refractivity contribution in [3.63, 3.8) is 0 Å². The van der Waals surface area contributed by atoms with Crippen LogP contribution in [0.15, 0.2) is 54.7 Å². The molecule has 100 valence electrons. The van der Waals surface area contributed by atoms with Crippen LogP contribution >= 0.6 is 11.6 Å². The van der Waals surface area contributed by atoms with E-state index in [0.29, 0.717) is 12.5 Å². The van der Waals surface area contributed by atoms with Gasteiger partial charge in [0.05, 0.1) is 5.02 Å². The molecular weight excluding hydrogens is 274 g/mol. The average Bonchev–Trinajstić information content (AvgIpc) is 2.47. The van der Waals surface area contributed by atoms with E-state index in [4.69, 9.17) is 16.3 Å². The summed E-state index contributed by atoms with van der Waals surface area (Å²) in [6.45, 7) is 0.436. The fourth-order valence-electron chi connectivity index (χ4n) is 2.00. The lowest BCUT2D eigenvalue weighted by atomic mass is 10.1. The number of aromatic hydroxyl groups is 1. The van der Waals surface area contributed by atoms with Crippen molar-refractivity contribution < 1.29 is 9.84 Å². The molecule has 0 aliphatic heterocycles. The third-order valence-electron chi connectivity index (χ3n) is 3.01. The highest BCUT2D eigenvalue weighted by Gasteiger charge is 2.08. The predicted octanol–water partition coefficient (Wildman–Crippen LogP) is 4.17. The molecule has 0 spiro atoms. The van der Waals surface area contributed by atoms with Gasteiger partial charge in [0.2, 0.25) is 5.88 Å². The summed E-state index contributed by atoms with van der Waals surface area (Å²) in [5, 5.41) is 11.5. The molecule has 0 atom stereocenters. The number of rotatable bonds is 3. The Morgan fingerprint density at radius 2 is 1.90 bits per heavy atom. The zero-order chi connectivity index (χ0) is 13.9. The van der Waals surface area contributed by atoms with E-state index in [1.54, 1.807) is 24.4 Å². The summed E-state index contributed by atoms with van der Waals surface area (Å²) in [4.78, 5) is 4.23. The molecule has 3 aromatic rings. The minimum Gasteiger partial charge on any atom is -0.506 e. The fraction of sp³-hybridized carbons (Fsp3) is 0.0625. The van der Waals surface area contributed by atoms with Crippen LogP contribution in [0.2, 0.25) is 5.02 Å². The molecule has 3 rings (SSSR count). The average molecular weight is 286 g/mol. The molecule has 0 radical (unpaired) electrons. The summed E-state index contributed by atoms with van der Waals surface area (Å²) in [6.07, 6.45) is 1.65. The first kappa shape index (κ1) is 12.8. The topological polar surface area (TPSA) is 42.4 Å². The van der Waals surface area contributed by atoms with Gasteiger partial charge in [0, 0.05) is 11.6 Å². The number of aromatic nitrogens is 1. The van der Waals surface area contributed by atoms with Crippen LogP contribution in [0, 0.1) is 0 Å². The summed E-state index contributed by atoms with van der Waals surface area (Å²) < 4.78 is 5.75. The van der Waals surface area contributed by atoms with Gasteiger partial charge < -0.3 is 9.84 Å². The molecule has 0 bridgehead atoms. The predicted molar refractivity (Wildman–Crippen MR) is 79.2 cm³/mol. The number of hydrogen-bond donors (Lipinski definition) is 1. The standard InChI is InChI=1S/C16H12ClNO2/c17-14-9-13-12(8-15(14)19)6-7-18-16(13)20-10-11-4-2-1-3-5-11/h1-9,19H,10H2. The molecule has 1 aromatic heterocycles. The summed E-state index contributed by atoms with van der Waals surface area (Å²) >= 11 is 5.94. The molecule has 4 heteroatoms. The van der Waals surface area contributed by atoms with Crippen LogP contribution in [-0.4, -0.2) is 10.1 Å². The summed E-state index contributed by atoms with van der Waals surface area (Å²) in [5.41, 5.74) is 1.07. The minimum absolute atomic E-state index is 0.0550. The van der Waals surface area contributed by atoms with E-state index in [2.05, 4.69) is 4.98 Å². The van der Waals surface area contributed by atoms with Gasteiger partial charge in [0.1, 0.15) is 12.4 Å². The number of halogens is 1. The highest BCUT2D eigenvalue weighted by molar-refractivity contribution is 6.32. The van der Waals surface area contributed by atoms with Crippen LogP contribution in [0.1, 0.15) is 5.56 Å². The van der Waals surface area contributed by atoms with Crippen molar-refractivity contribution in [3.05, 3.63) is 65.3 Å². The first-order chi connectivity index (χ1) is 9.74. The monoisotopic (exact) mass is 285 g/mol. The Morgan fingerprint density at radius 3 is 2.70 bits per heavy atom. The molecule has 0 amide bonds. The van der Waals surface area contributed by atoms with E-state index in [0.717, 1.165) is 16.3 Å². The van der Waals surface area contributed by atoms with Gasteiger partial charge >= 0.3 is 0 Å². The lowest BCUT2D eigenvalue weighted by Crippen LogP contribution is -1.97. The molecule has 0 aliphatic carbocycles. The first-order valence-electron chi connectivity index (χ1n) is 6.18. The number of benzene rings is 2. The SMILES string of the molecule is Oc1cc2ccnc(OCc3ccccc3)c2cc1Cl. The van der Waals surface area contributed by atoms with Crippen LogP contribution in [0.3, 0.4) is 0 Å². The Labute approximate surface area is 121 Å². The molecule has 1 heterocycles.